The Balaban J connectivity index is 2.32. The van der Waals surface area contributed by atoms with Gasteiger partial charge in [-0.05, 0) is 44.9 Å². The summed E-state index contributed by atoms with van der Waals surface area (Å²) in [5, 5.41) is 40.1. The Morgan fingerprint density at radius 3 is 1.56 bits per heavy atom. The maximum atomic E-state index is 12.8. The maximum Gasteiger partial charge on any atom is 0.306 e. The summed E-state index contributed by atoms with van der Waals surface area (Å²) in [6.45, 7) is 3.31. The number of allylic oxidation sites excluding steroid dienone is 6. The van der Waals surface area contributed by atoms with Crippen LogP contribution in [0.15, 0.2) is 36.5 Å². The third-order valence-electron chi connectivity index (χ3n) is 10.5. The molecule has 0 bridgehead atoms. The highest BCUT2D eigenvalue weighted by Gasteiger charge is 2.44. The van der Waals surface area contributed by atoms with Crippen molar-refractivity contribution < 1.29 is 49.0 Å². The van der Waals surface area contributed by atoms with E-state index in [-0.39, 0.29) is 32.0 Å². The van der Waals surface area contributed by atoms with Crippen molar-refractivity contribution in [3.63, 3.8) is 0 Å². The summed E-state index contributed by atoms with van der Waals surface area (Å²) in [5.41, 5.74) is 0. The van der Waals surface area contributed by atoms with Gasteiger partial charge in [0.15, 0.2) is 12.4 Å². The number of carbonyl (C=O) groups is 2. The van der Waals surface area contributed by atoms with Crippen molar-refractivity contribution in [3.05, 3.63) is 36.5 Å². The molecule has 1 aliphatic rings. The van der Waals surface area contributed by atoms with Crippen LogP contribution in [0.25, 0.3) is 0 Å². The van der Waals surface area contributed by atoms with Gasteiger partial charge in [-0.15, -0.1) is 0 Å². The van der Waals surface area contributed by atoms with Gasteiger partial charge in [0.25, 0.3) is 0 Å². The lowest BCUT2D eigenvalue weighted by Crippen LogP contribution is -2.59. The molecule has 57 heavy (non-hydrogen) atoms. The standard InChI is InChI=1S/C47H84O10/c1-3-5-7-9-11-13-15-17-19-20-22-24-26-28-30-32-34-36-43(50)56-40(39-55-47-46(53)45(52)44(51)41(37-48)57-47)38-54-42(49)35-33-31-29-27-25-23-21-18-16-14-12-10-8-6-4-2/h5,7,11,13,17,19,40-41,44-48,51-53H,3-4,6,8-10,12,14-16,18,20-39H2,1-2H3/b7-5-,13-11-,19-17-. The zero-order valence-corrected chi connectivity index (χ0v) is 36.1. The van der Waals surface area contributed by atoms with Gasteiger partial charge in [0.1, 0.15) is 31.0 Å². The minimum absolute atomic E-state index is 0.219. The molecule has 6 unspecified atom stereocenters. The van der Waals surface area contributed by atoms with E-state index in [9.17, 15) is 30.0 Å². The molecule has 10 nitrogen and oxygen atoms in total. The van der Waals surface area contributed by atoms with Gasteiger partial charge < -0.3 is 39.4 Å². The Bertz CT molecular complexity index is 1030. The van der Waals surface area contributed by atoms with E-state index in [4.69, 9.17) is 18.9 Å². The lowest BCUT2D eigenvalue weighted by molar-refractivity contribution is -0.305. The van der Waals surface area contributed by atoms with E-state index in [1.54, 1.807) is 0 Å². The molecule has 0 aromatic heterocycles. The van der Waals surface area contributed by atoms with Crippen LogP contribution < -0.4 is 0 Å². The van der Waals surface area contributed by atoms with E-state index in [0.717, 1.165) is 64.2 Å². The minimum Gasteiger partial charge on any atom is -0.462 e. The quantitative estimate of drug-likeness (QED) is 0.0270. The molecule has 332 valence electrons. The molecule has 0 radical (unpaired) electrons. The topological polar surface area (TPSA) is 152 Å². The summed E-state index contributed by atoms with van der Waals surface area (Å²) in [6.07, 6.45) is 35.7. The molecule has 0 aromatic rings. The molecule has 6 atom stereocenters. The lowest BCUT2D eigenvalue weighted by atomic mass is 9.99. The van der Waals surface area contributed by atoms with Crippen LogP contribution in [0.5, 0.6) is 0 Å². The van der Waals surface area contributed by atoms with Crippen LogP contribution in [0.4, 0.5) is 0 Å². The second-order valence-corrected chi connectivity index (χ2v) is 15.8. The highest BCUT2D eigenvalue weighted by atomic mass is 16.7. The predicted octanol–water partition coefficient (Wildman–Crippen LogP) is 9.89. The molecule has 1 saturated heterocycles. The first-order chi connectivity index (χ1) is 27.8. The Labute approximate surface area is 346 Å². The van der Waals surface area contributed by atoms with Crippen LogP contribution in [-0.4, -0.2) is 89.0 Å². The molecule has 4 N–H and O–H groups in total. The summed E-state index contributed by atoms with van der Waals surface area (Å²) in [6, 6.07) is 0. The van der Waals surface area contributed by atoms with Crippen molar-refractivity contribution in [3.8, 4) is 0 Å². The highest BCUT2D eigenvalue weighted by Crippen LogP contribution is 2.23. The lowest BCUT2D eigenvalue weighted by Gasteiger charge is -2.39. The normalized spacial score (nSPS) is 20.6. The monoisotopic (exact) mass is 809 g/mol. The number of esters is 2. The predicted molar refractivity (Wildman–Crippen MR) is 229 cm³/mol. The Morgan fingerprint density at radius 2 is 1.04 bits per heavy atom. The van der Waals surface area contributed by atoms with Crippen molar-refractivity contribution in [2.75, 3.05) is 19.8 Å². The van der Waals surface area contributed by atoms with Gasteiger partial charge in [0.2, 0.25) is 0 Å². The number of hydrogen-bond acceptors (Lipinski definition) is 10. The van der Waals surface area contributed by atoms with Crippen LogP contribution in [0.3, 0.4) is 0 Å². The van der Waals surface area contributed by atoms with Gasteiger partial charge in [-0.25, -0.2) is 0 Å². The van der Waals surface area contributed by atoms with Crippen molar-refractivity contribution >= 4 is 11.9 Å². The molecular weight excluding hydrogens is 725 g/mol. The van der Waals surface area contributed by atoms with E-state index >= 15 is 0 Å². The van der Waals surface area contributed by atoms with E-state index in [0.29, 0.717) is 6.42 Å². The molecule has 0 saturated carbocycles. The van der Waals surface area contributed by atoms with Gasteiger partial charge in [-0.2, -0.15) is 0 Å². The van der Waals surface area contributed by atoms with Gasteiger partial charge in [-0.3, -0.25) is 9.59 Å². The minimum atomic E-state index is -1.60. The summed E-state index contributed by atoms with van der Waals surface area (Å²) >= 11 is 0. The third kappa shape index (κ3) is 29.7. The van der Waals surface area contributed by atoms with E-state index in [2.05, 4.69) is 50.3 Å². The number of carbonyl (C=O) groups excluding carboxylic acids is 2. The molecule has 0 spiro atoms. The van der Waals surface area contributed by atoms with Crippen LogP contribution >= 0.6 is 0 Å². The number of rotatable bonds is 38. The molecule has 1 aliphatic heterocycles. The van der Waals surface area contributed by atoms with Crippen molar-refractivity contribution in [2.45, 2.75) is 230 Å². The second-order valence-electron chi connectivity index (χ2n) is 15.8. The number of ether oxygens (including phenoxy) is 4. The zero-order valence-electron chi connectivity index (χ0n) is 36.1. The fraction of sp³-hybridized carbons (Fsp3) is 0.830. The summed E-state index contributed by atoms with van der Waals surface area (Å²) in [7, 11) is 0. The molecule has 10 heteroatoms. The summed E-state index contributed by atoms with van der Waals surface area (Å²) in [5.74, 6) is -0.812. The van der Waals surface area contributed by atoms with Crippen LogP contribution in [0.2, 0.25) is 0 Å². The van der Waals surface area contributed by atoms with E-state index < -0.39 is 49.4 Å². The summed E-state index contributed by atoms with van der Waals surface area (Å²) in [4.78, 5) is 25.3. The smallest absolute Gasteiger partial charge is 0.306 e. The maximum absolute atomic E-state index is 12.8. The van der Waals surface area contributed by atoms with E-state index in [1.807, 2.05) is 0 Å². The molecule has 1 fully saturated rings. The average molecular weight is 809 g/mol. The highest BCUT2D eigenvalue weighted by molar-refractivity contribution is 5.70. The first-order valence-corrected chi connectivity index (χ1v) is 23.1. The largest absolute Gasteiger partial charge is 0.462 e. The van der Waals surface area contributed by atoms with Crippen LogP contribution in [0, 0.1) is 0 Å². The molecule has 1 rings (SSSR count). The first kappa shape index (κ1) is 52.9. The fourth-order valence-corrected chi connectivity index (χ4v) is 6.91. The van der Waals surface area contributed by atoms with Crippen molar-refractivity contribution in [1.82, 2.24) is 0 Å². The van der Waals surface area contributed by atoms with Gasteiger partial charge in [0.05, 0.1) is 13.2 Å². The molecule has 0 aliphatic carbocycles. The van der Waals surface area contributed by atoms with Crippen LogP contribution in [0.1, 0.15) is 194 Å². The molecule has 1 heterocycles. The Morgan fingerprint density at radius 1 is 0.561 bits per heavy atom. The summed E-state index contributed by atoms with van der Waals surface area (Å²) < 4.78 is 22.2. The second kappa shape index (κ2) is 38.1. The number of aliphatic hydroxyl groups excluding tert-OH is 4. The van der Waals surface area contributed by atoms with Crippen molar-refractivity contribution in [2.24, 2.45) is 0 Å². The SMILES string of the molecule is CC/C=C\C/C=C\C/C=C\CCCCCCCCCC(=O)OC(COC(=O)CCCCCCCCCCCCCCCCC)COC1OC(CO)C(O)C(O)C1O. The van der Waals surface area contributed by atoms with Gasteiger partial charge in [0, 0.05) is 12.8 Å². The number of aliphatic hydroxyl groups is 4. The average Bonchev–Trinajstić information content (AvgIpc) is 3.21. The Hall–Kier alpha value is -2.08. The fourth-order valence-electron chi connectivity index (χ4n) is 6.91. The van der Waals surface area contributed by atoms with Crippen molar-refractivity contribution in [1.29, 1.82) is 0 Å². The molecular formula is C47H84O10. The Kier molecular flexibility index (Phi) is 35.4. The molecule has 0 amide bonds. The van der Waals surface area contributed by atoms with E-state index in [1.165, 1.54) is 96.3 Å². The third-order valence-corrected chi connectivity index (χ3v) is 10.5. The zero-order chi connectivity index (χ0) is 41.6. The first-order valence-electron chi connectivity index (χ1n) is 23.1. The van der Waals surface area contributed by atoms with Crippen LogP contribution in [-0.2, 0) is 28.5 Å². The van der Waals surface area contributed by atoms with Gasteiger partial charge in [-0.1, -0.05) is 172 Å². The number of unbranched alkanes of at least 4 members (excludes halogenated alkanes) is 21. The van der Waals surface area contributed by atoms with Gasteiger partial charge >= 0.3 is 11.9 Å². The molecule has 0 aromatic carbocycles. The number of hydrogen-bond donors (Lipinski definition) is 4.